The molecule has 0 saturated heterocycles. The number of hydrogen-bond donors (Lipinski definition) is 0. The first-order valence-corrected chi connectivity index (χ1v) is 9.15. The Labute approximate surface area is 154 Å². The van der Waals surface area contributed by atoms with Gasteiger partial charge in [0.1, 0.15) is 11.1 Å². The predicted molar refractivity (Wildman–Crippen MR) is 105 cm³/mol. The number of nitrogens with zero attached hydrogens (tertiary/aromatic N) is 2. The summed E-state index contributed by atoms with van der Waals surface area (Å²) in [6.45, 7) is 4.19. The maximum Gasteiger partial charge on any atom is 0.134 e. The zero-order chi connectivity index (χ0) is 17.1. The Kier molecular flexibility index (Phi) is 4.94. The number of rotatable bonds is 3. The third-order valence-electron chi connectivity index (χ3n) is 3.82. The second-order valence-electron chi connectivity index (χ2n) is 5.56. The average Bonchev–Trinajstić information content (AvgIpc) is 3.05. The van der Waals surface area contributed by atoms with E-state index in [0.29, 0.717) is 5.57 Å². The highest BCUT2D eigenvalue weighted by Crippen LogP contribution is 2.28. The van der Waals surface area contributed by atoms with Crippen molar-refractivity contribution in [1.82, 2.24) is 4.98 Å². The fraction of sp³-hybridized carbons (Fsp3) is 0.100. The molecule has 0 spiro atoms. The van der Waals surface area contributed by atoms with E-state index in [0.717, 1.165) is 26.3 Å². The SMILES string of the molecule is Cc1ccc(-c2csc(/C(C#N)=C\c3cccc(Br)c3)n2)cc1C. The number of hydrogen-bond acceptors (Lipinski definition) is 3. The van der Waals surface area contributed by atoms with Crippen LogP contribution in [0.4, 0.5) is 0 Å². The Bertz CT molecular complexity index is 964. The molecule has 0 aliphatic rings. The van der Waals surface area contributed by atoms with Crippen molar-refractivity contribution in [2.45, 2.75) is 13.8 Å². The summed E-state index contributed by atoms with van der Waals surface area (Å²) >= 11 is 4.95. The molecule has 0 unspecified atom stereocenters. The Hall–Kier alpha value is -2.22. The molecule has 3 aromatic rings. The smallest absolute Gasteiger partial charge is 0.134 e. The van der Waals surface area contributed by atoms with Gasteiger partial charge in [-0.2, -0.15) is 5.26 Å². The van der Waals surface area contributed by atoms with Crippen LogP contribution in [0.1, 0.15) is 21.7 Å². The molecule has 2 nitrogen and oxygen atoms in total. The second-order valence-corrected chi connectivity index (χ2v) is 7.34. The quantitative estimate of drug-likeness (QED) is 0.491. The van der Waals surface area contributed by atoms with E-state index < -0.39 is 0 Å². The van der Waals surface area contributed by atoms with Crippen LogP contribution in [-0.4, -0.2) is 4.98 Å². The molecule has 0 bridgehead atoms. The van der Waals surface area contributed by atoms with Gasteiger partial charge in [0, 0.05) is 15.4 Å². The number of benzene rings is 2. The van der Waals surface area contributed by atoms with Crippen LogP contribution in [0.25, 0.3) is 22.9 Å². The minimum absolute atomic E-state index is 0.577. The van der Waals surface area contributed by atoms with Crippen LogP contribution >= 0.6 is 27.3 Å². The molecule has 118 valence electrons. The van der Waals surface area contributed by atoms with E-state index in [1.807, 2.05) is 35.7 Å². The Morgan fingerprint density at radius 1 is 1.17 bits per heavy atom. The molecule has 1 aromatic heterocycles. The van der Waals surface area contributed by atoms with Crippen molar-refractivity contribution < 1.29 is 0 Å². The highest BCUT2D eigenvalue weighted by Gasteiger charge is 2.10. The minimum atomic E-state index is 0.577. The molecule has 24 heavy (non-hydrogen) atoms. The maximum absolute atomic E-state index is 9.51. The third-order valence-corrected chi connectivity index (χ3v) is 5.19. The van der Waals surface area contributed by atoms with E-state index >= 15 is 0 Å². The lowest BCUT2D eigenvalue weighted by atomic mass is 10.1. The van der Waals surface area contributed by atoms with Crippen LogP contribution in [0, 0.1) is 25.2 Å². The van der Waals surface area contributed by atoms with Gasteiger partial charge < -0.3 is 0 Å². The van der Waals surface area contributed by atoms with Gasteiger partial charge in [0.05, 0.1) is 11.3 Å². The Morgan fingerprint density at radius 3 is 2.71 bits per heavy atom. The van der Waals surface area contributed by atoms with Crippen molar-refractivity contribution in [1.29, 1.82) is 5.26 Å². The van der Waals surface area contributed by atoms with Crippen molar-refractivity contribution in [2.75, 3.05) is 0 Å². The fourth-order valence-corrected chi connectivity index (χ4v) is 3.55. The molecule has 2 aromatic carbocycles. The van der Waals surface area contributed by atoms with Crippen molar-refractivity contribution in [2.24, 2.45) is 0 Å². The molecule has 0 aliphatic heterocycles. The van der Waals surface area contributed by atoms with Crippen molar-refractivity contribution in [3.05, 3.63) is 74.0 Å². The van der Waals surface area contributed by atoms with Gasteiger partial charge in [0.25, 0.3) is 0 Å². The van der Waals surface area contributed by atoms with Crippen molar-refractivity contribution in [3.63, 3.8) is 0 Å². The molecule has 0 N–H and O–H groups in total. The summed E-state index contributed by atoms with van der Waals surface area (Å²) < 4.78 is 0.989. The first-order chi connectivity index (χ1) is 11.6. The van der Waals surface area contributed by atoms with Crippen molar-refractivity contribution in [3.8, 4) is 17.3 Å². The van der Waals surface area contributed by atoms with Gasteiger partial charge in [-0.15, -0.1) is 11.3 Å². The molecule has 0 atom stereocenters. The number of allylic oxidation sites excluding steroid dienone is 1. The van der Waals surface area contributed by atoms with E-state index in [-0.39, 0.29) is 0 Å². The molecule has 1 heterocycles. The first-order valence-electron chi connectivity index (χ1n) is 7.48. The zero-order valence-electron chi connectivity index (χ0n) is 13.4. The molecule has 0 amide bonds. The summed E-state index contributed by atoms with van der Waals surface area (Å²) in [5, 5.41) is 12.3. The van der Waals surface area contributed by atoms with Crippen LogP contribution < -0.4 is 0 Å². The van der Waals surface area contributed by atoms with E-state index in [2.05, 4.69) is 59.0 Å². The van der Waals surface area contributed by atoms with Crippen molar-refractivity contribution >= 4 is 38.9 Å². The second kappa shape index (κ2) is 7.12. The van der Waals surface area contributed by atoms with E-state index in [4.69, 9.17) is 0 Å². The fourth-order valence-electron chi connectivity index (χ4n) is 2.34. The maximum atomic E-state index is 9.51. The first kappa shape index (κ1) is 16.6. The lowest BCUT2D eigenvalue weighted by Crippen LogP contribution is -1.85. The summed E-state index contributed by atoms with van der Waals surface area (Å²) in [6, 6.07) is 16.4. The highest BCUT2D eigenvalue weighted by atomic mass is 79.9. The highest BCUT2D eigenvalue weighted by molar-refractivity contribution is 9.10. The molecule has 0 radical (unpaired) electrons. The summed E-state index contributed by atoms with van der Waals surface area (Å²) in [7, 11) is 0. The van der Waals surface area contributed by atoms with Crippen LogP contribution in [-0.2, 0) is 0 Å². The summed E-state index contributed by atoms with van der Waals surface area (Å²) in [5.41, 5.74) is 6.06. The number of nitriles is 1. The van der Waals surface area contributed by atoms with Crippen LogP contribution in [0.2, 0.25) is 0 Å². The summed E-state index contributed by atoms with van der Waals surface area (Å²) in [6.07, 6.45) is 1.87. The standard InChI is InChI=1S/C20H15BrN2S/c1-13-6-7-16(8-14(13)2)19-12-24-20(23-19)17(11-22)9-15-4-3-5-18(21)10-15/h3-10,12H,1-2H3/b17-9-. The molecule has 0 aliphatic carbocycles. The van der Waals surface area contributed by atoms with Crippen LogP contribution in [0.15, 0.2) is 52.3 Å². The average molecular weight is 395 g/mol. The van der Waals surface area contributed by atoms with Gasteiger partial charge in [0.15, 0.2) is 0 Å². The number of aromatic nitrogens is 1. The summed E-state index contributed by atoms with van der Waals surface area (Å²) in [4.78, 5) is 4.66. The largest absolute Gasteiger partial charge is 0.235 e. The molecule has 0 fully saturated rings. The summed E-state index contributed by atoms with van der Waals surface area (Å²) in [5.74, 6) is 0. The number of thiazole rings is 1. The van der Waals surface area contributed by atoms with Gasteiger partial charge in [-0.25, -0.2) is 4.98 Å². The van der Waals surface area contributed by atoms with E-state index in [1.54, 1.807) is 0 Å². The lowest BCUT2D eigenvalue weighted by Gasteiger charge is -2.02. The minimum Gasteiger partial charge on any atom is -0.235 e. The lowest BCUT2D eigenvalue weighted by molar-refractivity contribution is 1.32. The molecule has 0 saturated carbocycles. The molecular weight excluding hydrogens is 380 g/mol. The van der Waals surface area contributed by atoms with E-state index in [1.165, 1.54) is 22.5 Å². The molecular formula is C20H15BrN2S. The van der Waals surface area contributed by atoms with E-state index in [9.17, 15) is 5.26 Å². The van der Waals surface area contributed by atoms with Gasteiger partial charge in [-0.3, -0.25) is 0 Å². The number of aryl methyl sites for hydroxylation is 2. The van der Waals surface area contributed by atoms with Crippen LogP contribution in [0.3, 0.4) is 0 Å². The van der Waals surface area contributed by atoms with Gasteiger partial charge >= 0.3 is 0 Å². The van der Waals surface area contributed by atoms with Gasteiger partial charge in [-0.1, -0.05) is 40.2 Å². The predicted octanol–water partition coefficient (Wildman–Crippen LogP) is 6.25. The van der Waals surface area contributed by atoms with Crippen LogP contribution in [0.5, 0.6) is 0 Å². The number of halogens is 1. The molecule has 3 rings (SSSR count). The zero-order valence-corrected chi connectivity index (χ0v) is 15.8. The monoisotopic (exact) mass is 394 g/mol. The van der Waals surface area contributed by atoms with Gasteiger partial charge in [-0.05, 0) is 54.8 Å². The normalized spacial score (nSPS) is 11.3. The topological polar surface area (TPSA) is 36.7 Å². The Balaban J connectivity index is 1.96. The Morgan fingerprint density at radius 2 is 2.00 bits per heavy atom. The molecule has 4 heteroatoms. The van der Waals surface area contributed by atoms with Gasteiger partial charge in [0.2, 0.25) is 0 Å². The third kappa shape index (κ3) is 3.64.